The molecule has 5 rings (SSSR count). The van der Waals surface area contributed by atoms with Gasteiger partial charge in [0.15, 0.2) is 0 Å². The summed E-state index contributed by atoms with van der Waals surface area (Å²) >= 11 is 1.23. The average Bonchev–Trinajstić information content (AvgIpc) is 3.53. The lowest BCUT2D eigenvalue weighted by Gasteiger charge is -2.63. The maximum Gasteiger partial charge on any atom is 0.328 e. The largest absolute Gasteiger partial charge is 0.337 e. The van der Waals surface area contributed by atoms with Crippen LogP contribution in [0.3, 0.4) is 0 Å². The smallest absolute Gasteiger partial charge is 0.328 e. The molecule has 4 saturated carbocycles. The fourth-order valence-electron chi connectivity index (χ4n) is 10.7. The number of sulfonamides is 1. The van der Waals surface area contributed by atoms with E-state index in [0.29, 0.717) is 29.2 Å². The number of fused-ring (bicyclic) bond motifs is 5. The van der Waals surface area contributed by atoms with Crippen LogP contribution in [0.15, 0.2) is 16.3 Å². The van der Waals surface area contributed by atoms with Crippen molar-refractivity contribution in [2.24, 2.45) is 52.3 Å². The molecule has 5 nitrogen and oxygen atoms in total. The maximum absolute atomic E-state index is 12.8. The summed E-state index contributed by atoms with van der Waals surface area (Å²) in [5.41, 5.74) is 0.825. The first kappa shape index (κ1) is 31.3. The average molecular weight is 605 g/mol. The van der Waals surface area contributed by atoms with E-state index in [4.69, 9.17) is 0 Å². The molecule has 2 amide bonds. The van der Waals surface area contributed by atoms with Crippen LogP contribution < -0.4 is 10.0 Å². The van der Waals surface area contributed by atoms with E-state index in [9.17, 15) is 13.2 Å². The second-order valence-electron chi connectivity index (χ2n) is 15.9. The zero-order valence-corrected chi connectivity index (χ0v) is 28.4. The minimum absolute atomic E-state index is 0.128. The Balaban J connectivity index is 1.17. The van der Waals surface area contributed by atoms with Gasteiger partial charge in [-0.3, -0.25) is 0 Å². The molecule has 41 heavy (non-hydrogen) atoms. The molecule has 1 aromatic rings. The summed E-state index contributed by atoms with van der Waals surface area (Å²) in [6.45, 7) is 16.8. The van der Waals surface area contributed by atoms with Gasteiger partial charge in [-0.15, -0.1) is 11.3 Å². The lowest BCUT2D eigenvalue weighted by atomic mass is 9.42. The Bertz CT molecular complexity index is 1200. The van der Waals surface area contributed by atoms with E-state index in [1.807, 2.05) is 6.07 Å². The zero-order valence-electron chi connectivity index (χ0n) is 26.7. The van der Waals surface area contributed by atoms with Crippen molar-refractivity contribution in [2.45, 2.75) is 129 Å². The fraction of sp³-hybridized carbons (Fsp3) is 0.853. The molecule has 4 aliphatic rings. The van der Waals surface area contributed by atoms with Gasteiger partial charge in [0.05, 0.1) is 0 Å². The van der Waals surface area contributed by atoms with Gasteiger partial charge in [-0.25, -0.2) is 17.9 Å². The molecule has 1 heterocycles. The van der Waals surface area contributed by atoms with Crippen LogP contribution >= 0.6 is 11.3 Å². The highest BCUT2D eigenvalue weighted by Gasteiger charge is 2.61. The van der Waals surface area contributed by atoms with Crippen molar-refractivity contribution < 1.29 is 13.2 Å². The molecule has 0 bridgehead atoms. The molecule has 2 N–H and O–H groups in total. The van der Waals surface area contributed by atoms with E-state index < -0.39 is 16.1 Å². The molecular weight excluding hydrogens is 549 g/mol. The van der Waals surface area contributed by atoms with E-state index in [0.717, 1.165) is 40.9 Å². The van der Waals surface area contributed by atoms with Gasteiger partial charge in [0.25, 0.3) is 10.0 Å². The van der Waals surface area contributed by atoms with E-state index in [1.54, 1.807) is 6.07 Å². The van der Waals surface area contributed by atoms with E-state index in [2.05, 4.69) is 58.5 Å². The SMILES string of the molecule is CC[C@H]1C[C@H]2C3CCC([C@H](C)CCNC(=O)NS(=O)(=O)c4ccc(C(C)(C)C)s4)[C@@]3(C)CC[C@@H]2[C@@]2(C)CCCC[C@@H]12. The van der Waals surface area contributed by atoms with Crippen LogP contribution in [-0.2, 0) is 15.4 Å². The highest BCUT2D eigenvalue weighted by molar-refractivity contribution is 7.92. The fourth-order valence-corrected chi connectivity index (χ4v) is 13.0. The van der Waals surface area contributed by atoms with Gasteiger partial charge in [0, 0.05) is 11.4 Å². The topological polar surface area (TPSA) is 75.3 Å². The molecule has 1 aromatic heterocycles. The lowest BCUT2D eigenvalue weighted by Crippen LogP contribution is -2.55. The number of rotatable bonds is 7. The van der Waals surface area contributed by atoms with Crippen molar-refractivity contribution in [3.63, 3.8) is 0 Å². The third-order valence-corrected chi connectivity index (χ3v) is 16.1. The Hall–Kier alpha value is -1.08. The molecule has 232 valence electrons. The quantitative estimate of drug-likeness (QED) is 0.327. The second-order valence-corrected chi connectivity index (χ2v) is 18.9. The minimum Gasteiger partial charge on any atom is -0.337 e. The Morgan fingerprint density at radius 3 is 2.44 bits per heavy atom. The summed E-state index contributed by atoms with van der Waals surface area (Å²) in [6.07, 6.45) is 14.9. The standard InChI is InChI=1S/C34H56N2O3S2/c1-8-23-21-24-27-13-12-25(34(27,7)19-16-28(24)33(6)18-10-9-11-26(23)33)22(2)17-20-35-31(37)36-41(38,39)30-15-14-29(40-30)32(3,4)5/h14-15,22-28H,8-13,16-21H2,1-7H3,(H2,35,36,37)/t22-,23+,24+,25?,26+,27?,28+,33+,34-/m1/s1. The molecule has 9 atom stereocenters. The summed E-state index contributed by atoms with van der Waals surface area (Å²) in [6, 6.07) is 2.81. The van der Waals surface area contributed by atoms with Crippen LogP contribution in [0, 0.1) is 52.3 Å². The van der Waals surface area contributed by atoms with Crippen molar-refractivity contribution in [1.82, 2.24) is 10.0 Å². The molecular formula is C34H56N2O3S2. The number of hydrogen-bond donors (Lipinski definition) is 2. The zero-order chi connectivity index (χ0) is 29.8. The Morgan fingerprint density at radius 2 is 1.76 bits per heavy atom. The summed E-state index contributed by atoms with van der Waals surface area (Å²) in [5, 5.41) is 2.85. The third kappa shape index (κ3) is 5.77. The molecule has 4 aliphatic carbocycles. The van der Waals surface area contributed by atoms with E-state index >= 15 is 0 Å². The molecule has 0 radical (unpaired) electrons. The number of nitrogens with one attached hydrogen (secondary N) is 2. The van der Waals surface area contributed by atoms with Crippen molar-refractivity contribution >= 4 is 27.4 Å². The van der Waals surface area contributed by atoms with Crippen LogP contribution in [0.1, 0.15) is 124 Å². The molecule has 4 fully saturated rings. The summed E-state index contributed by atoms with van der Waals surface area (Å²) in [4.78, 5) is 13.6. The minimum atomic E-state index is -3.87. The van der Waals surface area contributed by atoms with Gasteiger partial charge in [-0.05, 0) is 121 Å². The number of carbonyl (C=O) groups is 1. The van der Waals surface area contributed by atoms with Crippen molar-refractivity contribution in [2.75, 3.05) is 6.54 Å². The van der Waals surface area contributed by atoms with Gasteiger partial charge in [0.1, 0.15) is 4.21 Å². The third-order valence-electron chi connectivity index (χ3n) is 12.7. The highest BCUT2D eigenvalue weighted by Crippen LogP contribution is 2.69. The van der Waals surface area contributed by atoms with Crippen LogP contribution in [0.4, 0.5) is 4.79 Å². The second kappa shape index (κ2) is 11.4. The van der Waals surface area contributed by atoms with Gasteiger partial charge in [-0.2, -0.15) is 0 Å². The molecule has 0 spiro atoms. The van der Waals surface area contributed by atoms with Crippen LogP contribution in [-0.4, -0.2) is 21.0 Å². The highest BCUT2D eigenvalue weighted by atomic mass is 32.2. The monoisotopic (exact) mass is 604 g/mol. The first-order chi connectivity index (χ1) is 19.2. The summed E-state index contributed by atoms with van der Waals surface area (Å²) in [7, 11) is -3.87. The number of urea groups is 1. The Kier molecular flexibility index (Phi) is 8.75. The van der Waals surface area contributed by atoms with E-state index in [-0.39, 0.29) is 9.62 Å². The molecule has 0 aliphatic heterocycles. The van der Waals surface area contributed by atoms with Gasteiger partial charge in [-0.1, -0.05) is 67.7 Å². The first-order valence-electron chi connectivity index (χ1n) is 16.6. The molecule has 0 saturated heterocycles. The number of hydrogen-bond acceptors (Lipinski definition) is 4. The maximum atomic E-state index is 12.8. The van der Waals surface area contributed by atoms with E-state index in [1.165, 1.54) is 75.5 Å². The van der Waals surface area contributed by atoms with Crippen molar-refractivity contribution in [3.8, 4) is 0 Å². The number of amides is 2. The molecule has 2 unspecified atom stereocenters. The predicted molar refractivity (Wildman–Crippen MR) is 170 cm³/mol. The molecule has 0 aromatic carbocycles. The summed E-state index contributed by atoms with van der Waals surface area (Å²) < 4.78 is 28.0. The van der Waals surface area contributed by atoms with Gasteiger partial charge < -0.3 is 5.32 Å². The number of thiophene rings is 1. The predicted octanol–water partition coefficient (Wildman–Crippen LogP) is 8.74. The van der Waals surface area contributed by atoms with Crippen LogP contribution in [0.5, 0.6) is 0 Å². The molecule has 7 heteroatoms. The van der Waals surface area contributed by atoms with Crippen molar-refractivity contribution in [3.05, 3.63) is 17.0 Å². The van der Waals surface area contributed by atoms with Gasteiger partial charge in [0.2, 0.25) is 0 Å². The van der Waals surface area contributed by atoms with Crippen molar-refractivity contribution in [1.29, 1.82) is 0 Å². The van der Waals surface area contributed by atoms with Gasteiger partial charge >= 0.3 is 6.03 Å². The summed E-state index contributed by atoms with van der Waals surface area (Å²) in [5.74, 6) is 5.69. The lowest BCUT2D eigenvalue weighted by molar-refractivity contribution is -0.138. The van der Waals surface area contributed by atoms with Crippen LogP contribution in [0.2, 0.25) is 0 Å². The Labute approximate surface area is 254 Å². The normalized spacial score (nSPS) is 37.9. The Morgan fingerprint density at radius 1 is 1.02 bits per heavy atom. The number of carbonyl (C=O) groups excluding carboxylic acids is 1. The van der Waals surface area contributed by atoms with Crippen LogP contribution in [0.25, 0.3) is 0 Å². The first-order valence-corrected chi connectivity index (χ1v) is 18.9.